The number of fused-ring (bicyclic) bond motifs is 1. The van der Waals surface area contributed by atoms with Gasteiger partial charge in [0.05, 0.1) is 19.8 Å². The number of hydrogen-bond donors (Lipinski definition) is 0. The molecule has 1 amide bonds. The SMILES string of the molecule is COc1cc(C[C@H]2CC[C@H](C(=O)N3OCC[C@H]3c3ccc(C)nc3)CC2)cn2nc(C)nc12. The smallest absolute Gasteiger partial charge is 0.249 e. The molecule has 33 heavy (non-hydrogen) atoms. The van der Waals surface area contributed by atoms with Gasteiger partial charge in [0, 0.05) is 30.4 Å². The lowest BCUT2D eigenvalue weighted by molar-refractivity contribution is -0.183. The van der Waals surface area contributed by atoms with Gasteiger partial charge in [0.15, 0.2) is 11.4 Å². The minimum absolute atomic E-state index is 0.0234. The van der Waals surface area contributed by atoms with E-state index in [4.69, 9.17) is 9.57 Å². The van der Waals surface area contributed by atoms with Gasteiger partial charge in [-0.2, -0.15) is 5.10 Å². The summed E-state index contributed by atoms with van der Waals surface area (Å²) in [5, 5.41) is 6.08. The Morgan fingerprint density at radius 2 is 2.00 bits per heavy atom. The van der Waals surface area contributed by atoms with E-state index in [1.807, 2.05) is 36.8 Å². The Morgan fingerprint density at radius 3 is 2.73 bits per heavy atom. The molecule has 5 rings (SSSR count). The van der Waals surface area contributed by atoms with Crippen LogP contribution in [0.1, 0.15) is 60.8 Å². The van der Waals surface area contributed by atoms with Gasteiger partial charge in [-0.05, 0) is 75.1 Å². The molecule has 0 bridgehead atoms. The van der Waals surface area contributed by atoms with Crippen LogP contribution in [0.5, 0.6) is 5.75 Å². The van der Waals surface area contributed by atoms with E-state index in [0.717, 1.165) is 67.0 Å². The van der Waals surface area contributed by atoms with Crippen molar-refractivity contribution in [1.29, 1.82) is 0 Å². The summed E-state index contributed by atoms with van der Waals surface area (Å²) in [6.07, 6.45) is 9.52. The number of hydroxylamine groups is 2. The monoisotopic (exact) mass is 449 g/mol. The van der Waals surface area contributed by atoms with Gasteiger partial charge in [-0.25, -0.2) is 14.6 Å². The van der Waals surface area contributed by atoms with Gasteiger partial charge in [-0.15, -0.1) is 0 Å². The van der Waals surface area contributed by atoms with Crippen molar-refractivity contribution in [3.8, 4) is 5.75 Å². The summed E-state index contributed by atoms with van der Waals surface area (Å²) in [6, 6.07) is 6.09. The first-order valence-electron chi connectivity index (χ1n) is 11.8. The van der Waals surface area contributed by atoms with Gasteiger partial charge in [-0.3, -0.25) is 14.6 Å². The maximum absolute atomic E-state index is 13.3. The van der Waals surface area contributed by atoms with Crippen molar-refractivity contribution in [2.75, 3.05) is 13.7 Å². The van der Waals surface area contributed by atoms with Crippen LogP contribution in [-0.4, -0.2) is 44.3 Å². The molecule has 174 valence electrons. The van der Waals surface area contributed by atoms with E-state index in [1.165, 1.54) is 5.56 Å². The van der Waals surface area contributed by atoms with Crippen LogP contribution < -0.4 is 4.74 Å². The lowest BCUT2D eigenvalue weighted by atomic mass is 9.79. The van der Waals surface area contributed by atoms with Crippen LogP contribution in [0.3, 0.4) is 0 Å². The number of hydrogen-bond acceptors (Lipinski definition) is 6. The number of ether oxygens (including phenoxy) is 1. The second-order valence-electron chi connectivity index (χ2n) is 9.30. The molecule has 0 radical (unpaired) electrons. The average molecular weight is 450 g/mol. The highest BCUT2D eigenvalue weighted by atomic mass is 16.7. The molecule has 0 N–H and O–H groups in total. The quantitative estimate of drug-likeness (QED) is 0.586. The third kappa shape index (κ3) is 4.44. The Balaban J connectivity index is 1.21. The molecule has 1 saturated heterocycles. The zero-order valence-corrected chi connectivity index (χ0v) is 19.5. The van der Waals surface area contributed by atoms with Crippen LogP contribution in [0.15, 0.2) is 30.6 Å². The molecular weight excluding hydrogens is 418 g/mol. The fourth-order valence-electron chi connectivity index (χ4n) is 5.17. The van der Waals surface area contributed by atoms with Gasteiger partial charge in [0.25, 0.3) is 0 Å². The van der Waals surface area contributed by atoms with E-state index in [0.29, 0.717) is 12.5 Å². The van der Waals surface area contributed by atoms with Crippen molar-refractivity contribution in [2.45, 2.75) is 58.4 Å². The highest BCUT2D eigenvalue weighted by Crippen LogP contribution is 2.37. The zero-order chi connectivity index (χ0) is 22.9. The molecule has 8 nitrogen and oxygen atoms in total. The molecule has 0 spiro atoms. The summed E-state index contributed by atoms with van der Waals surface area (Å²) >= 11 is 0. The van der Waals surface area contributed by atoms with Crippen molar-refractivity contribution >= 4 is 11.6 Å². The molecule has 1 saturated carbocycles. The molecule has 0 unspecified atom stereocenters. The topological polar surface area (TPSA) is 81.8 Å². The van der Waals surface area contributed by atoms with Crippen molar-refractivity contribution in [3.63, 3.8) is 0 Å². The molecule has 4 heterocycles. The number of nitrogens with zero attached hydrogens (tertiary/aromatic N) is 5. The van der Waals surface area contributed by atoms with Crippen LogP contribution in [0.4, 0.5) is 0 Å². The molecule has 3 aromatic rings. The first-order valence-corrected chi connectivity index (χ1v) is 11.8. The van der Waals surface area contributed by atoms with E-state index < -0.39 is 0 Å². The third-order valence-corrected chi connectivity index (χ3v) is 6.94. The summed E-state index contributed by atoms with van der Waals surface area (Å²) in [4.78, 5) is 27.9. The van der Waals surface area contributed by atoms with Crippen LogP contribution in [0.2, 0.25) is 0 Å². The Kier molecular flexibility index (Phi) is 6.01. The van der Waals surface area contributed by atoms with E-state index in [-0.39, 0.29) is 17.9 Å². The Labute approximate surface area is 193 Å². The minimum atomic E-state index is -0.0337. The van der Waals surface area contributed by atoms with Crippen molar-refractivity contribution < 1.29 is 14.4 Å². The number of aryl methyl sites for hydroxylation is 2. The first kappa shape index (κ1) is 21.8. The van der Waals surface area contributed by atoms with Gasteiger partial charge < -0.3 is 4.74 Å². The fourth-order valence-corrected chi connectivity index (χ4v) is 5.17. The predicted molar refractivity (Wildman–Crippen MR) is 123 cm³/mol. The van der Waals surface area contributed by atoms with E-state index >= 15 is 0 Å². The molecule has 1 aliphatic carbocycles. The van der Waals surface area contributed by atoms with Crippen LogP contribution in [-0.2, 0) is 16.1 Å². The summed E-state index contributed by atoms with van der Waals surface area (Å²) in [5.74, 6) is 2.17. The normalized spacial score (nSPS) is 23.2. The molecule has 1 aliphatic heterocycles. The number of carbonyl (C=O) groups is 1. The van der Waals surface area contributed by atoms with E-state index in [2.05, 4.69) is 27.2 Å². The van der Waals surface area contributed by atoms with Crippen molar-refractivity contribution in [1.82, 2.24) is 24.6 Å². The first-order chi connectivity index (χ1) is 16.0. The maximum Gasteiger partial charge on any atom is 0.249 e. The molecule has 2 fully saturated rings. The lowest BCUT2D eigenvalue weighted by Crippen LogP contribution is -2.36. The molecular formula is C25H31N5O3. The maximum atomic E-state index is 13.3. The van der Waals surface area contributed by atoms with E-state index in [1.54, 1.807) is 12.2 Å². The van der Waals surface area contributed by atoms with Gasteiger partial charge in [0.1, 0.15) is 5.82 Å². The zero-order valence-electron chi connectivity index (χ0n) is 19.5. The van der Waals surface area contributed by atoms with Gasteiger partial charge >= 0.3 is 0 Å². The van der Waals surface area contributed by atoms with Crippen molar-refractivity contribution in [2.24, 2.45) is 11.8 Å². The lowest BCUT2D eigenvalue weighted by Gasteiger charge is -2.32. The number of rotatable bonds is 5. The summed E-state index contributed by atoms with van der Waals surface area (Å²) < 4.78 is 7.35. The predicted octanol–water partition coefficient (Wildman–Crippen LogP) is 4.00. The van der Waals surface area contributed by atoms with Crippen LogP contribution >= 0.6 is 0 Å². The number of carbonyl (C=O) groups excluding carboxylic acids is 1. The summed E-state index contributed by atoms with van der Waals surface area (Å²) in [7, 11) is 1.67. The van der Waals surface area contributed by atoms with Crippen LogP contribution in [0, 0.1) is 25.7 Å². The molecule has 8 heteroatoms. The van der Waals surface area contributed by atoms with E-state index in [9.17, 15) is 4.79 Å². The minimum Gasteiger partial charge on any atom is -0.493 e. The average Bonchev–Trinajstić information content (AvgIpc) is 3.45. The highest BCUT2D eigenvalue weighted by Gasteiger charge is 2.37. The number of aromatic nitrogens is 4. The molecule has 0 aromatic carbocycles. The molecule has 2 aliphatic rings. The number of methoxy groups -OCH3 is 1. The van der Waals surface area contributed by atoms with Gasteiger partial charge in [0.2, 0.25) is 5.91 Å². The van der Waals surface area contributed by atoms with Gasteiger partial charge in [-0.1, -0.05) is 6.07 Å². The Hall–Kier alpha value is -3.00. The number of pyridine rings is 2. The second-order valence-corrected chi connectivity index (χ2v) is 9.30. The largest absolute Gasteiger partial charge is 0.493 e. The van der Waals surface area contributed by atoms with Crippen LogP contribution in [0.25, 0.3) is 5.65 Å². The third-order valence-electron chi connectivity index (χ3n) is 6.94. The molecule has 1 atom stereocenters. The second kappa shape index (κ2) is 9.09. The standard InChI is InChI=1S/C25H31N5O3/c1-16-4-7-21(14-26-16)22-10-11-33-30(22)25(31)20-8-5-18(6-9-20)12-19-13-23(32-3)24-27-17(2)28-29(24)15-19/h4,7,13-15,18,20,22H,5-6,8-12H2,1-3H3/t18-,20-,22-/m0/s1. The fraction of sp³-hybridized carbons (Fsp3) is 0.520. The highest BCUT2D eigenvalue weighted by molar-refractivity contribution is 5.78. The molecule has 3 aromatic heterocycles. The summed E-state index contributed by atoms with van der Waals surface area (Å²) in [6.45, 7) is 4.43. The summed E-state index contributed by atoms with van der Waals surface area (Å²) in [5.41, 5.74) is 3.96. The Bertz CT molecular complexity index is 1130. The number of amides is 1. The van der Waals surface area contributed by atoms with Crippen molar-refractivity contribution in [3.05, 3.63) is 53.2 Å². The Morgan fingerprint density at radius 1 is 1.18 bits per heavy atom.